The van der Waals surface area contributed by atoms with Gasteiger partial charge in [-0.2, -0.15) is 0 Å². The topological polar surface area (TPSA) is 97.4 Å². The van der Waals surface area contributed by atoms with Crippen molar-refractivity contribution in [3.05, 3.63) is 108 Å². The van der Waals surface area contributed by atoms with E-state index < -0.39 is 9.84 Å². The maximum atomic E-state index is 12.1. The van der Waals surface area contributed by atoms with Gasteiger partial charge >= 0.3 is 6.03 Å². The average molecular weight is 488 g/mol. The molecule has 0 fully saturated rings. The zero-order valence-electron chi connectivity index (χ0n) is 19.1. The number of nitrogens with zero attached hydrogens (tertiary/aromatic N) is 1. The van der Waals surface area contributed by atoms with Crippen LogP contribution in [-0.2, 0) is 23.0 Å². The number of carbonyl (C=O) groups is 1. The molecule has 4 aromatic rings. The lowest BCUT2D eigenvalue weighted by Crippen LogP contribution is -2.28. The minimum atomic E-state index is -3.25. The first-order valence-corrected chi connectivity index (χ1v) is 12.8. The molecule has 0 bridgehead atoms. The molecule has 2 N–H and O–H groups in total. The summed E-state index contributed by atoms with van der Waals surface area (Å²) in [5, 5.41) is 5.60. The van der Waals surface area contributed by atoms with Gasteiger partial charge in [0.15, 0.2) is 9.84 Å². The average Bonchev–Trinajstić information content (AvgIpc) is 2.87. The quantitative estimate of drug-likeness (QED) is 0.362. The van der Waals surface area contributed by atoms with Crippen molar-refractivity contribution >= 4 is 21.6 Å². The van der Waals surface area contributed by atoms with Gasteiger partial charge in [-0.3, -0.25) is 4.98 Å². The molecule has 35 heavy (non-hydrogen) atoms. The lowest BCUT2D eigenvalue weighted by atomic mass is 10.0. The van der Waals surface area contributed by atoms with Crippen LogP contribution in [0.2, 0.25) is 0 Å². The summed E-state index contributed by atoms with van der Waals surface area (Å²) in [4.78, 5) is 16.4. The number of rotatable bonds is 8. The highest BCUT2D eigenvalue weighted by Crippen LogP contribution is 2.31. The van der Waals surface area contributed by atoms with Gasteiger partial charge < -0.3 is 15.4 Å². The van der Waals surface area contributed by atoms with Crippen LogP contribution in [0, 0.1) is 0 Å². The summed E-state index contributed by atoms with van der Waals surface area (Å²) >= 11 is 0. The Morgan fingerprint density at radius 1 is 0.886 bits per heavy atom. The second-order valence-electron chi connectivity index (χ2n) is 7.95. The predicted molar refractivity (Wildman–Crippen MR) is 136 cm³/mol. The summed E-state index contributed by atoms with van der Waals surface area (Å²) in [6.45, 7) is 0.730. The van der Waals surface area contributed by atoms with Gasteiger partial charge in [0.05, 0.1) is 4.90 Å². The zero-order chi connectivity index (χ0) is 24.7. The molecule has 0 aliphatic carbocycles. The van der Waals surface area contributed by atoms with Crippen molar-refractivity contribution in [2.45, 2.75) is 18.0 Å². The molecule has 0 saturated heterocycles. The van der Waals surface area contributed by atoms with Gasteiger partial charge in [-0.05, 0) is 53.1 Å². The number of benzene rings is 3. The molecule has 0 unspecified atom stereocenters. The molecule has 0 spiro atoms. The van der Waals surface area contributed by atoms with Gasteiger partial charge in [0, 0.05) is 36.4 Å². The molecular formula is C27H25N3O4S. The normalized spacial score (nSPS) is 11.0. The van der Waals surface area contributed by atoms with Crippen LogP contribution in [-0.4, -0.2) is 25.7 Å². The third kappa shape index (κ3) is 6.68. The highest BCUT2D eigenvalue weighted by atomic mass is 32.2. The summed E-state index contributed by atoms with van der Waals surface area (Å²) in [5.74, 6) is 0.691. The first kappa shape index (κ1) is 24.0. The highest BCUT2D eigenvalue weighted by molar-refractivity contribution is 7.90. The molecule has 1 heterocycles. The lowest BCUT2D eigenvalue weighted by Gasteiger charge is -2.13. The molecule has 0 aliphatic heterocycles. The van der Waals surface area contributed by atoms with Gasteiger partial charge in [-0.1, -0.05) is 48.5 Å². The van der Waals surface area contributed by atoms with Gasteiger partial charge in [-0.15, -0.1) is 0 Å². The van der Waals surface area contributed by atoms with Crippen molar-refractivity contribution in [2.24, 2.45) is 0 Å². The fourth-order valence-electron chi connectivity index (χ4n) is 3.42. The number of para-hydroxylation sites is 1. The van der Waals surface area contributed by atoms with E-state index in [2.05, 4.69) is 15.6 Å². The van der Waals surface area contributed by atoms with E-state index in [1.807, 2.05) is 60.7 Å². The van der Waals surface area contributed by atoms with Gasteiger partial charge in [0.25, 0.3) is 0 Å². The second-order valence-corrected chi connectivity index (χ2v) is 9.96. The molecule has 1 aromatic heterocycles. The molecule has 8 heteroatoms. The predicted octanol–water partition coefficient (Wildman–Crippen LogP) is 5.05. The van der Waals surface area contributed by atoms with Gasteiger partial charge in [0.2, 0.25) is 0 Å². The maximum Gasteiger partial charge on any atom is 0.319 e. The van der Waals surface area contributed by atoms with Crippen LogP contribution in [0.1, 0.15) is 11.1 Å². The Kier molecular flexibility index (Phi) is 7.42. The van der Waals surface area contributed by atoms with Crippen molar-refractivity contribution in [1.29, 1.82) is 0 Å². The SMILES string of the molecule is CS(=O)(=O)c1ccc(-c2ccccc2OCc2ccc(NC(=O)NCc3cccnc3)cc2)cc1. The van der Waals surface area contributed by atoms with E-state index in [1.165, 1.54) is 6.26 Å². The van der Waals surface area contributed by atoms with E-state index in [0.29, 0.717) is 24.6 Å². The Balaban J connectivity index is 1.35. The summed E-state index contributed by atoms with van der Waals surface area (Å²) in [6.07, 6.45) is 4.58. The molecule has 7 nitrogen and oxygen atoms in total. The smallest absolute Gasteiger partial charge is 0.319 e. The van der Waals surface area contributed by atoms with Crippen LogP contribution < -0.4 is 15.4 Å². The largest absolute Gasteiger partial charge is 0.488 e. The number of sulfone groups is 1. The van der Waals surface area contributed by atoms with Crippen LogP contribution in [0.3, 0.4) is 0 Å². The summed E-state index contributed by atoms with van der Waals surface area (Å²) in [6, 6.07) is 25.2. The number of anilines is 1. The molecule has 0 atom stereocenters. The number of hydrogen-bond donors (Lipinski definition) is 2. The number of ether oxygens (including phenoxy) is 1. The fraction of sp³-hybridized carbons (Fsp3) is 0.111. The summed E-state index contributed by atoms with van der Waals surface area (Å²) in [7, 11) is -3.25. The number of hydrogen-bond acceptors (Lipinski definition) is 5. The molecular weight excluding hydrogens is 462 g/mol. The van der Waals surface area contributed by atoms with E-state index in [9.17, 15) is 13.2 Å². The lowest BCUT2D eigenvalue weighted by molar-refractivity contribution is 0.251. The second kappa shape index (κ2) is 10.8. The third-order valence-electron chi connectivity index (χ3n) is 5.26. The van der Waals surface area contributed by atoms with Crippen molar-refractivity contribution in [1.82, 2.24) is 10.3 Å². The van der Waals surface area contributed by atoms with Crippen molar-refractivity contribution in [3.63, 3.8) is 0 Å². The van der Waals surface area contributed by atoms with Gasteiger partial charge in [-0.25, -0.2) is 13.2 Å². The van der Waals surface area contributed by atoms with Crippen LogP contribution in [0.15, 0.2) is 102 Å². The van der Waals surface area contributed by atoms with Crippen molar-refractivity contribution < 1.29 is 17.9 Å². The van der Waals surface area contributed by atoms with E-state index in [4.69, 9.17) is 4.74 Å². The molecule has 178 valence electrons. The number of carbonyl (C=O) groups excluding carboxylic acids is 1. The molecule has 0 saturated carbocycles. The van der Waals surface area contributed by atoms with Crippen LogP contribution in [0.25, 0.3) is 11.1 Å². The molecule has 3 aromatic carbocycles. The Labute approximate surface area is 204 Å². The highest BCUT2D eigenvalue weighted by Gasteiger charge is 2.10. The first-order valence-electron chi connectivity index (χ1n) is 10.9. The van der Waals surface area contributed by atoms with Crippen molar-refractivity contribution in [2.75, 3.05) is 11.6 Å². The number of urea groups is 1. The molecule has 2 amide bonds. The fourth-order valence-corrected chi connectivity index (χ4v) is 4.05. The summed E-state index contributed by atoms with van der Waals surface area (Å²) < 4.78 is 29.5. The van der Waals surface area contributed by atoms with Crippen LogP contribution in [0.5, 0.6) is 5.75 Å². The van der Waals surface area contributed by atoms with E-state index in [-0.39, 0.29) is 10.9 Å². The number of aromatic nitrogens is 1. The minimum absolute atomic E-state index is 0.277. The Hall–Kier alpha value is -4.17. The van der Waals surface area contributed by atoms with Crippen LogP contribution in [0.4, 0.5) is 10.5 Å². The Morgan fingerprint density at radius 3 is 2.31 bits per heavy atom. The maximum absolute atomic E-state index is 12.1. The molecule has 4 rings (SSSR count). The summed E-state index contributed by atoms with van der Waals surface area (Å²) in [5.41, 5.74) is 4.26. The standard InChI is InChI=1S/C27H25N3O4S/c1-35(32,33)24-14-10-22(11-15-24)25-6-2-3-7-26(25)34-19-20-8-12-23(13-9-20)30-27(31)29-18-21-5-4-16-28-17-21/h2-17H,18-19H2,1H3,(H2,29,30,31). The Bertz CT molecular complexity index is 1390. The molecule has 0 aliphatic rings. The van der Waals surface area contributed by atoms with Crippen molar-refractivity contribution in [3.8, 4) is 16.9 Å². The van der Waals surface area contributed by atoms with E-state index >= 15 is 0 Å². The Morgan fingerprint density at radius 2 is 1.63 bits per heavy atom. The third-order valence-corrected chi connectivity index (χ3v) is 6.39. The molecule has 0 radical (unpaired) electrons. The van der Waals surface area contributed by atoms with Gasteiger partial charge in [0.1, 0.15) is 12.4 Å². The minimum Gasteiger partial charge on any atom is -0.488 e. The first-order chi connectivity index (χ1) is 16.9. The van der Waals surface area contributed by atoms with E-state index in [1.54, 1.807) is 36.7 Å². The number of amides is 2. The zero-order valence-corrected chi connectivity index (χ0v) is 20.0. The number of pyridine rings is 1. The van der Waals surface area contributed by atoms with Crippen LogP contribution >= 0.6 is 0 Å². The monoisotopic (exact) mass is 487 g/mol. The van der Waals surface area contributed by atoms with E-state index in [0.717, 1.165) is 22.3 Å². The number of nitrogens with one attached hydrogen (secondary N) is 2.